The number of rotatable bonds is 12. The largest absolute Gasteiger partial charge is 0.496 e. The van der Waals surface area contributed by atoms with Crippen molar-refractivity contribution in [3.05, 3.63) is 29.3 Å². The van der Waals surface area contributed by atoms with E-state index in [0.29, 0.717) is 0 Å². The summed E-state index contributed by atoms with van der Waals surface area (Å²) in [5.74, 6) is 0.945. The lowest BCUT2D eigenvalue weighted by Gasteiger charge is -2.21. The molecule has 0 bridgehead atoms. The Balaban J connectivity index is 2.62. The first-order valence-corrected chi connectivity index (χ1v) is 8.44. The van der Waals surface area contributed by atoms with Gasteiger partial charge in [0.05, 0.1) is 7.11 Å². The summed E-state index contributed by atoms with van der Waals surface area (Å²) in [7, 11) is 1.73. The molecule has 0 aromatic heterocycles. The molecule has 0 saturated heterocycles. The molecule has 1 rings (SSSR count). The van der Waals surface area contributed by atoms with Crippen LogP contribution in [0, 0.1) is 0 Å². The summed E-state index contributed by atoms with van der Waals surface area (Å²) in [4.78, 5) is 2.47. The van der Waals surface area contributed by atoms with Gasteiger partial charge in [-0.3, -0.25) is 4.90 Å². The number of aliphatic hydroxyl groups excluding tert-OH is 1. The molecule has 0 spiro atoms. The van der Waals surface area contributed by atoms with Gasteiger partial charge in [0.1, 0.15) is 5.75 Å². The summed E-state index contributed by atoms with van der Waals surface area (Å²) in [6.45, 7) is 9.48. The third-order valence-electron chi connectivity index (χ3n) is 3.86. The highest BCUT2D eigenvalue weighted by Crippen LogP contribution is 2.21. The van der Waals surface area contributed by atoms with Gasteiger partial charge in [-0.25, -0.2) is 0 Å². The van der Waals surface area contributed by atoms with Gasteiger partial charge in [0.15, 0.2) is 0 Å². The van der Waals surface area contributed by atoms with Crippen molar-refractivity contribution in [1.29, 1.82) is 0 Å². The number of ether oxygens (including phenoxy) is 1. The third kappa shape index (κ3) is 6.77. The second-order valence-electron chi connectivity index (χ2n) is 5.62. The highest BCUT2D eigenvalue weighted by Gasteiger charge is 2.07. The zero-order chi connectivity index (χ0) is 16.2. The summed E-state index contributed by atoms with van der Waals surface area (Å²) < 4.78 is 5.53. The number of hydrogen-bond acceptors (Lipinski definition) is 4. The maximum Gasteiger partial charge on any atom is 0.123 e. The van der Waals surface area contributed by atoms with Gasteiger partial charge < -0.3 is 15.2 Å². The number of hydrogen-bond donors (Lipinski definition) is 2. The van der Waals surface area contributed by atoms with Crippen molar-refractivity contribution in [2.75, 3.05) is 33.4 Å². The maximum absolute atomic E-state index is 8.80. The number of aliphatic hydroxyl groups is 1. The quantitative estimate of drug-likeness (QED) is 0.583. The summed E-state index contributed by atoms with van der Waals surface area (Å²) in [5.41, 5.74) is 2.47. The van der Waals surface area contributed by atoms with Gasteiger partial charge in [-0.1, -0.05) is 32.4 Å². The van der Waals surface area contributed by atoms with Crippen LogP contribution in [0.4, 0.5) is 0 Å². The zero-order valence-electron chi connectivity index (χ0n) is 14.4. The Labute approximate surface area is 135 Å². The molecule has 2 N–H and O–H groups in total. The molecule has 0 aliphatic heterocycles. The van der Waals surface area contributed by atoms with Crippen LogP contribution in [0.3, 0.4) is 0 Å². The van der Waals surface area contributed by atoms with Crippen LogP contribution in [0.1, 0.15) is 44.2 Å². The van der Waals surface area contributed by atoms with E-state index >= 15 is 0 Å². The fraction of sp³-hybridized carbons (Fsp3) is 0.667. The van der Waals surface area contributed by atoms with Crippen molar-refractivity contribution in [2.24, 2.45) is 0 Å². The lowest BCUT2D eigenvalue weighted by atomic mass is 10.1. The number of benzene rings is 1. The van der Waals surface area contributed by atoms with Crippen molar-refractivity contribution in [2.45, 2.75) is 46.2 Å². The predicted octanol–water partition coefficient (Wildman–Crippen LogP) is 2.79. The van der Waals surface area contributed by atoms with Gasteiger partial charge in [-0.05, 0) is 44.1 Å². The number of methoxy groups -OCH3 is 1. The molecule has 1 aromatic rings. The minimum atomic E-state index is 0.230. The molecule has 0 aliphatic carbocycles. The fourth-order valence-electron chi connectivity index (χ4n) is 2.45. The Morgan fingerprint density at radius 3 is 2.68 bits per heavy atom. The Morgan fingerprint density at radius 1 is 1.23 bits per heavy atom. The van der Waals surface area contributed by atoms with Crippen molar-refractivity contribution >= 4 is 0 Å². The van der Waals surface area contributed by atoms with E-state index in [-0.39, 0.29) is 6.61 Å². The molecular weight excluding hydrogens is 276 g/mol. The van der Waals surface area contributed by atoms with Gasteiger partial charge in [0.2, 0.25) is 0 Å². The number of unbranched alkanes of at least 4 members (excludes halogenated alkanes) is 1. The Hall–Kier alpha value is -1.10. The van der Waals surface area contributed by atoms with Crippen LogP contribution in [0.5, 0.6) is 5.75 Å². The van der Waals surface area contributed by atoms with Crippen LogP contribution in [-0.2, 0) is 13.1 Å². The summed E-state index contributed by atoms with van der Waals surface area (Å²) in [5, 5.41) is 12.1. The maximum atomic E-state index is 8.80. The Morgan fingerprint density at radius 2 is 2.05 bits per heavy atom. The molecule has 22 heavy (non-hydrogen) atoms. The van der Waals surface area contributed by atoms with Crippen molar-refractivity contribution in [3.63, 3.8) is 0 Å². The second kappa shape index (κ2) is 11.5. The average Bonchev–Trinajstić information content (AvgIpc) is 2.56. The monoisotopic (exact) mass is 308 g/mol. The highest BCUT2D eigenvalue weighted by molar-refractivity contribution is 5.37. The molecule has 0 atom stereocenters. The Kier molecular flexibility index (Phi) is 9.87. The lowest BCUT2D eigenvalue weighted by Crippen LogP contribution is -2.24. The summed E-state index contributed by atoms with van der Waals surface area (Å²) >= 11 is 0. The Bertz CT molecular complexity index is 410. The van der Waals surface area contributed by atoms with E-state index in [9.17, 15) is 0 Å². The third-order valence-corrected chi connectivity index (χ3v) is 3.86. The topological polar surface area (TPSA) is 44.7 Å². The van der Waals surface area contributed by atoms with Crippen LogP contribution < -0.4 is 10.1 Å². The van der Waals surface area contributed by atoms with Crippen molar-refractivity contribution in [3.8, 4) is 5.75 Å². The molecule has 0 fully saturated rings. The first kappa shape index (κ1) is 18.9. The van der Waals surface area contributed by atoms with Gasteiger partial charge in [-0.15, -0.1) is 0 Å². The van der Waals surface area contributed by atoms with Crippen LogP contribution in [0.15, 0.2) is 18.2 Å². The van der Waals surface area contributed by atoms with Gasteiger partial charge in [0, 0.05) is 25.3 Å². The minimum absolute atomic E-state index is 0.230. The van der Waals surface area contributed by atoms with Crippen molar-refractivity contribution in [1.82, 2.24) is 10.2 Å². The molecule has 4 heteroatoms. The highest BCUT2D eigenvalue weighted by atomic mass is 16.5. The molecule has 4 nitrogen and oxygen atoms in total. The van der Waals surface area contributed by atoms with E-state index in [1.54, 1.807) is 7.11 Å². The molecule has 126 valence electrons. The second-order valence-corrected chi connectivity index (χ2v) is 5.62. The van der Waals surface area contributed by atoms with Crippen molar-refractivity contribution < 1.29 is 9.84 Å². The zero-order valence-corrected chi connectivity index (χ0v) is 14.4. The molecule has 0 unspecified atom stereocenters. The normalized spacial score (nSPS) is 11.1. The van der Waals surface area contributed by atoms with E-state index in [0.717, 1.165) is 44.9 Å². The predicted molar refractivity (Wildman–Crippen MR) is 92.3 cm³/mol. The van der Waals surface area contributed by atoms with Gasteiger partial charge in [-0.2, -0.15) is 0 Å². The fourth-order valence-corrected chi connectivity index (χ4v) is 2.45. The molecular formula is C18H32N2O2. The van der Waals surface area contributed by atoms with E-state index in [4.69, 9.17) is 9.84 Å². The molecule has 1 aromatic carbocycles. The smallest absolute Gasteiger partial charge is 0.123 e. The van der Waals surface area contributed by atoms with Gasteiger partial charge in [0.25, 0.3) is 0 Å². The molecule has 0 saturated carbocycles. The van der Waals surface area contributed by atoms with Gasteiger partial charge >= 0.3 is 0 Å². The van der Waals surface area contributed by atoms with Crippen LogP contribution in [0.25, 0.3) is 0 Å². The first-order chi connectivity index (χ1) is 10.7. The minimum Gasteiger partial charge on any atom is -0.496 e. The molecule has 0 aliphatic rings. The first-order valence-electron chi connectivity index (χ1n) is 8.44. The van der Waals surface area contributed by atoms with E-state index < -0.39 is 0 Å². The molecule has 0 radical (unpaired) electrons. The summed E-state index contributed by atoms with van der Waals surface area (Å²) in [6, 6.07) is 6.49. The average molecular weight is 308 g/mol. The SMILES string of the molecule is CCCCN(CC)Cc1ccc(CNCCCO)c(OC)c1. The van der Waals surface area contributed by atoms with Crippen LogP contribution in [-0.4, -0.2) is 43.4 Å². The lowest BCUT2D eigenvalue weighted by molar-refractivity contribution is 0.275. The molecule has 0 heterocycles. The van der Waals surface area contributed by atoms with E-state index in [1.165, 1.54) is 24.0 Å². The number of nitrogens with one attached hydrogen (secondary N) is 1. The van der Waals surface area contributed by atoms with Crippen LogP contribution >= 0.6 is 0 Å². The van der Waals surface area contributed by atoms with E-state index in [1.807, 2.05) is 0 Å². The summed E-state index contributed by atoms with van der Waals surface area (Å²) in [6.07, 6.45) is 3.26. The molecule has 0 amide bonds. The van der Waals surface area contributed by atoms with Crippen LogP contribution in [0.2, 0.25) is 0 Å². The standard InChI is InChI=1S/C18H32N2O2/c1-4-6-11-20(5-2)15-16-8-9-17(18(13-16)22-3)14-19-10-7-12-21/h8-9,13,19,21H,4-7,10-12,14-15H2,1-3H3. The number of nitrogens with zero attached hydrogens (tertiary/aromatic N) is 1. The van der Waals surface area contributed by atoms with E-state index in [2.05, 4.69) is 42.3 Å².